The van der Waals surface area contributed by atoms with E-state index in [1.807, 2.05) is 50.3 Å². The lowest BCUT2D eigenvalue weighted by Crippen LogP contribution is -2.25. The maximum atomic E-state index is 13.9. The molecule has 4 aromatic carbocycles. The first-order valence-corrected chi connectivity index (χ1v) is 11.6. The number of carbonyl (C=O) groups is 2. The molecule has 184 valence electrons. The lowest BCUT2D eigenvalue weighted by atomic mass is 9.78. The molecule has 0 spiro atoms. The molecular formula is C30H20N4O4. The van der Waals surface area contributed by atoms with E-state index in [0.717, 1.165) is 23.3 Å². The van der Waals surface area contributed by atoms with Gasteiger partial charge in [-0.15, -0.1) is 0 Å². The number of fused-ring (bicyclic) bond motifs is 2. The molecule has 0 aliphatic heterocycles. The maximum Gasteiger partial charge on any atom is 0.200 e. The Balaban J connectivity index is 1.87. The first-order chi connectivity index (χ1) is 18.2. The highest BCUT2D eigenvalue weighted by atomic mass is 16.3. The number of nitriles is 2. The Kier molecular flexibility index (Phi) is 5.79. The predicted molar refractivity (Wildman–Crippen MR) is 141 cm³/mol. The van der Waals surface area contributed by atoms with E-state index in [1.165, 1.54) is 0 Å². The van der Waals surface area contributed by atoms with Crippen molar-refractivity contribution in [3.63, 3.8) is 0 Å². The molecule has 38 heavy (non-hydrogen) atoms. The number of nitrogens with one attached hydrogen (secondary N) is 2. The molecule has 8 nitrogen and oxygen atoms in total. The first-order valence-electron chi connectivity index (χ1n) is 11.6. The van der Waals surface area contributed by atoms with E-state index in [0.29, 0.717) is 11.4 Å². The van der Waals surface area contributed by atoms with Gasteiger partial charge in [-0.05, 0) is 50.2 Å². The molecule has 0 saturated heterocycles. The third-order valence-corrected chi connectivity index (χ3v) is 6.44. The molecule has 0 amide bonds. The van der Waals surface area contributed by atoms with Crippen LogP contribution in [0.2, 0.25) is 0 Å². The molecule has 8 heteroatoms. The fourth-order valence-corrected chi connectivity index (χ4v) is 4.53. The molecule has 1 aliphatic rings. The number of aryl methyl sites for hydroxylation is 2. The molecule has 1 aliphatic carbocycles. The van der Waals surface area contributed by atoms with Crippen LogP contribution in [0, 0.1) is 36.5 Å². The van der Waals surface area contributed by atoms with Crippen LogP contribution in [0.3, 0.4) is 0 Å². The molecule has 0 radical (unpaired) electrons. The standard InChI is InChI=1S/C30H20N4O4/c1-15-3-7-17(8-4-15)33-27-19(13-31)20(14-32)28(34-18-9-5-16(2)6-10-18)26-25(27)29(37)23-21(35)11-12-22(36)24(23)30(26)38/h3-12,33-36H,1-2H3. The Morgan fingerprint density at radius 2 is 0.921 bits per heavy atom. The number of carbonyl (C=O) groups excluding carboxylic acids is 2. The summed E-state index contributed by atoms with van der Waals surface area (Å²) in [7, 11) is 0. The monoisotopic (exact) mass is 500 g/mol. The summed E-state index contributed by atoms with van der Waals surface area (Å²) in [6.45, 7) is 3.81. The van der Waals surface area contributed by atoms with Crippen LogP contribution >= 0.6 is 0 Å². The normalized spacial score (nSPS) is 11.7. The van der Waals surface area contributed by atoms with Crippen LogP contribution in [0.25, 0.3) is 0 Å². The minimum atomic E-state index is -0.773. The summed E-state index contributed by atoms with van der Waals surface area (Å²) >= 11 is 0. The molecule has 0 heterocycles. The summed E-state index contributed by atoms with van der Waals surface area (Å²) in [5, 5.41) is 47.5. The van der Waals surface area contributed by atoms with Crippen molar-refractivity contribution in [2.45, 2.75) is 13.8 Å². The molecule has 0 fully saturated rings. The quantitative estimate of drug-likeness (QED) is 0.229. The van der Waals surface area contributed by atoms with Crippen LogP contribution in [0.1, 0.15) is 54.1 Å². The van der Waals surface area contributed by atoms with E-state index in [1.54, 1.807) is 24.3 Å². The van der Waals surface area contributed by atoms with Gasteiger partial charge < -0.3 is 20.8 Å². The molecule has 4 N–H and O–H groups in total. The minimum Gasteiger partial charge on any atom is -0.507 e. The second-order valence-corrected chi connectivity index (χ2v) is 8.97. The zero-order valence-corrected chi connectivity index (χ0v) is 20.4. The first kappa shape index (κ1) is 24.1. The molecule has 0 saturated carbocycles. The Bertz CT molecular complexity index is 1610. The highest BCUT2D eigenvalue weighted by molar-refractivity contribution is 6.34. The molecule has 4 aromatic rings. The van der Waals surface area contributed by atoms with Crippen molar-refractivity contribution in [3.05, 3.63) is 105 Å². The lowest BCUT2D eigenvalue weighted by Gasteiger charge is -2.26. The number of hydrogen-bond donors (Lipinski definition) is 4. The Hall–Kier alpha value is -5.60. The summed E-state index contributed by atoms with van der Waals surface area (Å²) in [4.78, 5) is 27.9. The Morgan fingerprint density at radius 1 is 0.579 bits per heavy atom. The van der Waals surface area contributed by atoms with Gasteiger partial charge in [0.15, 0.2) is 0 Å². The predicted octanol–water partition coefficient (Wildman–Crippen LogP) is 5.72. The Morgan fingerprint density at radius 3 is 1.24 bits per heavy atom. The van der Waals surface area contributed by atoms with Crippen LogP contribution in [-0.4, -0.2) is 21.8 Å². The summed E-state index contributed by atoms with van der Waals surface area (Å²) in [5.74, 6) is -2.52. The molecule has 0 aromatic heterocycles. The average molecular weight is 501 g/mol. The zero-order chi connectivity index (χ0) is 27.1. The second kappa shape index (κ2) is 9.12. The highest BCUT2D eigenvalue weighted by Crippen LogP contribution is 2.46. The van der Waals surface area contributed by atoms with Crippen LogP contribution in [0.4, 0.5) is 22.7 Å². The molecular weight excluding hydrogens is 480 g/mol. The van der Waals surface area contributed by atoms with Gasteiger partial charge in [0, 0.05) is 11.4 Å². The molecule has 0 unspecified atom stereocenters. The smallest absolute Gasteiger partial charge is 0.200 e. The van der Waals surface area contributed by atoms with Crippen molar-refractivity contribution >= 4 is 34.3 Å². The van der Waals surface area contributed by atoms with E-state index in [4.69, 9.17) is 0 Å². The van der Waals surface area contributed by atoms with Gasteiger partial charge in [-0.2, -0.15) is 10.5 Å². The topological polar surface area (TPSA) is 146 Å². The average Bonchev–Trinajstić information content (AvgIpc) is 2.91. The van der Waals surface area contributed by atoms with Gasteiger partial charge in [-0.1, -0.05) is 35.4 Å². The molecule has 0 atom stereocenters. The van der Waals surface area contributed by atoms with Gasteiger partial charge in [-0.3, -0.25) is 9.59 Å². The number of aromatic hydroxyl groups is 2. The van der Waals surface area contributed by atoms with Crippen molar-refractivity contribution in [1.82, 2.24) is 0 Å². The van der Waals surface area contributed by atoms with Gasteiger partial charge in [0.25, 0.3) is 0 Å². The lowest BCUT2D eigenvalue weighted by molar-refractivity contribution is 0.0975. The van der Waals surface area contributed by atoms with Gasteiger partial charge in [0.2, 0.25) is 11.6 Å². The number of anilines is 4. The fourth-order valence-electron chi connectivity index (χ4n) is 4.53. The summed E-state index contributed by atoms with van der Waals surface area (Å²) in [6.07, 6.45) is 0. The van der Waals surface area contributed by atoms with E-state index in [-0.39, 0.29) is 44.8 Å². The van der Waals surface area contributed by atoms with Gasteiger partial charge in [0.05, 0.1) is 44.8 Å². The fraction of sp³-hybridized carbons (Fsp3) is 0.0667. The van der Waals surface area contributed by atoms with Crippen molar-refractivity contribution in [2.75, 3.05) is 10.6 Å². The third-order valence-electron chi connectivity index (χ3n) is 6.44. The van der Waals surface area contributed by atoms with Crippen molar-refractivity contribution in [3.8, 4) is 23.6 Å². The summed E-state index contributed by atoms with van der Waals surface area (Å²) in [6, 6.07) is 20.5. The van der Waals surface area contributed by atoms with Gasteiger partial charge in [0.1, 0.15) is 23.6 Å². The number of benzene rings is 4. The maximum absolute atomic E-state index is 13.9. The molecule has 5 rings (SSSR count). The highest BCUT2D eigenvalue weighted by Gasteiger charge is 2.41. The number of nitrogens with zero attached hydrogens (tertiary/aromatic N) is 2. The van der Waals surface area contributed by atoms with Crippen LogP contribution in [0.15, 0.2) is 60.7 Å². The zero-order valence-electron chi connectivity index (χ0n) is 20.4. The van der Waals surface area contributed by atoms with Gasteiger partial charge >= 0.3 is 0 Å². The Labute approximate surface area is 218 Å². The number of rotatable bonds is 4. The van der Waals surface area contributed by atoms with E-state index in [9.17, 15) is 30.3 Å². The molecule has 0 bridgehead atoms. The number of hydrogen-bond acceptors (Lipinski definition) is 8. The van der Waals surface area contributed by atoms with E-state index in [2.05, 4.69) is 10.6 Å². The van der Waals surface area contributed by atoms with Crippen molar-refractivity contribution < 1.29 is 19.8 Å². The second-order valence-electron chi connectivity index (χ2n) is 8.97. The number of phenolic OH excluding ortho intramolecular Hbond substituents is 2. The van der Waals surface area contributed by atoms with E-state index >= 15 is 0 Å². The number of ketones is 2. The van der Waals surface area contributed by atoms with Crippen molar-refractivity contribution in [1.29, 1.82) is 10.5 Å². The SMILES string of the molecule is Cc1ccc(Nc2c(C#N)c(C#N)c(Nc3ccc(C)cc3)c3c2C(=O)c2c(O)ccc(O)c2C3=O)cc1. The van der Waals surface area contributed by atoms with Crippen LogP contribution in [0.5, 0.6) is 11.5 Å². The summed E-state index contributed by atoms with van der Waals surface area (Å²) < 4.78 is 0. The minimum absolute atomic E-state index is 0.0379. The third kappa shape index (κ3) is 3.78. The van der Waals surface area contributed by atoms with E-state index < -0.39 is 23.1 Å². The van der Waals surface area contributed by atoms with Crippen molar-refractivity contribution in [2.24, 2.45) is 0 Å². The van der Waals surface area contributed by atoms with Crippen LogP contribution < -0.4 is 10.6 Å². The van der Waals surface area contributed by atoms with Gasteiger partial charge in [-0.25, -0.2) is 0 Å². The summed E-state index contributed by atoms with van der Waals surface area (Å²) in [5.41, 5.74) is 1.51. The van der Waals surface area contributed by atoms with Crippen LogP contribution in [-0.2, 0) is 0 Å². The largest absolute Gasteiger partial charge is 0.507 e. The number of phenols is 2.